The van der Waals surface area contributed by atoms with Gasteiger partial charge in [-0.05, 0) is 42.8 Å². The molecule has 1 heterocycles. The number of nitrogens with zero attached hydrogens (tertiary/aromatic N) is 1. The first-order chi connectivity index (χ1) is 10.0. The van der Waals surface area contributed by atoms with Gasteiger partial charge in [-0.1, -0.05) is 17.4 Å². The molecule has 21 heavy (non-hydrogen) atoms. The molecule has 0 fully saturated rings. The molecule has 0 radical (unpaired) electrons. The van der Waals surface area contributed by atoms with Crippen LogP contribution < -0.4 is 11.1 Å². The fourth-order valence-corrected chi connectivity index (χ4v) is 3.01. The summed E-state index contributed by atoms with van der Waals surface area (Å²) in [4.78, 5) is 15.6. The lowest BCUT2D eigenvalue weighted by Crippen LogP contribution is -2.03. The number of aromatic carboxylic acids is 1. The standard InChI is InChI=1S/C15H13N3O2S/c1-8-2-5-12-13(6-8)21-15(18-12)17-9-3-4-11(16)10(7-9)14(19)20/h2-7H,16H2,1H3,(H,17,18)(H,19,20). The highest BCUT2D eigenvalue weighted by Gasteiger charge is 2.10. The Balaban J connectivity index is 1.94. The van der Waals surface area contributed by atoms with Crippen LogP contribution in [0.2, 0.25) is 0 Å². The molecule has 0 aliphatic heterocycles. The van der Waals surface area contributed by atoms with Gasteiger partial charge in [-0.25, -0.2) is 9.78 Å². The van der Waals surface area contributed by atoms with E-state index in [-0.39, 0.29) is 11.3 Å². The van der Waals surface area contributed by atoms with Crippen molar-refractivity contribution in [3.8, 4) is 0 Å². The number of nitrogens with two attached hydrogens (primary N) is 1. The van der Waals surface area contributed by atoms with E-state index in [1.54, 1.807) is 12.1 Å². The topological polar surface area (TPSA) is 88.2 Å². The molecule has 1 aromatic heterocycles. The molecule has 0 spiro atoms. The van der Waals surface area contributed by atoms with Gasteiger partial charge < -0.3 is 16.2 Å². The van der Waals surface area contributed by atoms with Gasteiger partial charge in [-0.15, -0.1) is 0 Å². The van der Waals surface area contributed by atoms with Crippen LogP contribution in [0.5, 0.6) is 0 Å². The third kappa shape index (κ3) is 2.66. The fourth-order valence-electron chi connectivity index (χ4n) is 2.03. The molecule has 0 saturated carbocycles. The van der Waals surface area contributed by atoms with Crippen LogP contribution in [0.25, 0.3) is 10.2 Å². The molecule has 0 aliphatic carbocycles. The van der Waals surface area contributed by atoms with Crippen molar-refractivity contribution in [3.05, 3.63) is 47.5 Å². The summed E-state index contributed by atoms with van der Waals surface area (Å²) in [5.41, 5.74) is 8.71. The normalized spacial score (nSPS) is 10.7. The molecule has 4 N–H and O–H groups in total. The summed E-state index contributed by atoms with van der Waals surface area (Å²) in [6, 6.07) is 10.9. The van der Waals surface area contributed by atoms with Crippen LogP contribution in [0.3, 0.4) is 0 Å². The van der Waals surface area contributed by atoms with Crippen molar-refractivity contribution >= 4 is 44.0 Å². The molecule has 0 unspecified atom stereocenters. The van der Waals surface area contributed by atoms with Crippen molar-refractivity contribution < 1.29 is 9.90 Å². The Morgan fingerprint density at radius 3 is 2.86 bits per heavy atom. The molecular weight excluding hydrogens is 286 g/mol. The first kappa shape index (κ1) is 13.4. The summed E-state index contributed by atoms with van der Waals surface area (Å²) >= 11 is 1.52. The highest BCUT2D eigenvalue weighted by molar-refractivity contribution is 7.22. The average Bonchev–Trinajstić information content (AvgIpc) is 2.82. The van der Waals surface area contributed by atoms with E-state index in [2.05, 4.69) is 16.4 Å². The molecule has 3 aromatic rings. The van der Waals surface area contributed by atoms with Crippen LogP contribution in [0.1, 0.15) is 15.9 Å². The monoisotopic (exact) mass is 299 g/mol. The highest BCUT2D eigenvalue weighted by atomic mass is 32.1. The first-order valence-corrected chi connectivity index (χ1v) is 7.11. The maximum absolute atomic E-state index is 11.1. The van der Waals surface area contributed by atoms with E-state index in [0.717, 1.165) is 15.3 Å². The lowest BCUT2D eigenvalue weighted by molar-refractivity contribution is 0.0698. The zero-order valence-corrected chi connectivity index (χ0v) is 12.1. The number of anilines is 3. The second kappa shape index (κ2) is 5.06. The van der Waals surface area contributed by atoms with E-state index >= 15 is 0 Å². The maximum atomic E-state index is 11.1. The van der Waals surface area contributed by atoms with E-state index in [0.29, 0.717) is 5.69 Å². The van der Waals surface area contributed by atoms with Crippen molar-refractivity contribution in [2.75, 3.05) is 11.1 Å². The number of nitrogen functional groups attached to an aromatic ring is 1. The predicted octanol–water partition coefficient (Wildman–Crippen LogP) is 3.63. The first-order valence-electron chi connectivity index (χ1n) is 6.30. The Hall–Kier alpha value is -2.60. The van der Waals surface area contributed by atoms with Gasteiger partial charge in [0.1, 0.15) is 0 Å². The van der Waals surface area contributed by atoms with Crippen LogP contribution in [-0.4, -0.2) is 16.1 Å². The van der Waals surface area contributed by atoms with E-state index in [4.69, 9.17) is 10.8 Å². The second-order valence-corrected chi connectivity index (χ2v) is 5.75. The minimum Gasteiger partial charge on any atom is -0.478 e. The molecule has 2 aromatic carbocycles. The number of carboxylic acid groups (broad SMARTS) is 1. The Morgan fingerprint density at radius 2 is 2.10 bits per heavy atom. The Bertz CT molecular complexity index is 842. The van der Waals surface area contributed by atoms with Crippen molar-refractivity contribution in [3.63, 3.8) is 0 Å². The Morgan fingerprint density at radius 1 is 1.29 bits per heavy atom. The summed E-state index contributed by atoms with van der Waals surface area (Å²) in [6.07, 6.45) is 0. The Labute approximate surface area is 125 Å². The predicted molar refractivity (Wildman–Crippen MR) is 85.5 cm³/mol. The smallest absolute Gasteiger partial charge is 0.337 e. The molecule has 0 saturated heterocycles. The number of nitrogens with one attached hydrogen (secondary N) is 1. The van der Waals surface area contributed by atoms with Gasteiger partial charge in [0.05, 0.1) is 15.8 Å². The summed E-state index contributed by atoms with van der Waals surface area (Å²) in [6.45, 7) is 2.03. The minimum atomic E-state index is -1.05. The summed E-state index contributed by atoms with van der Waals surface area (Å²) in [5.74, 6) is -1.05. The molecule has 0 atom stereocenters. The number of rotatable bonds is 3. The zero-order chi connectivity index (χ0) is 15.0. The van der Waals surface area contributed by atoms with Crippen LogP contribution >= 0.6 is 11.3 Å². The number of thiazole rings is 1. The zero-order valence-electron chi connectivity index (χ0n) is 11.3. The number of aromatic nitrogens is 1. The van der Waals surface area contributed by atoms with E-state index in [9.17, 15) is 4.79 Å². The molecule has 0 aliphatic rings. The van der Waals surface area contributed by atoms with Gasteiger partial charge in [0, 0.05) is 11.4 Å². The number of aryl methyl sites for hydroxylation is 1. The summed E-state index contributed by atoms with van der Waals surface area (Å²) in [5, 5.41) is 12.9. The molecular formula is C15H13N3O2S. The number of fused-ring (bicyclic) bond motifs is 1. The lowest BCUT2D eigenvalue weighted by atomic mass is 10.1. The second-order valence-electron chi connectivity index (χ2n) is 4.72. The van der Waals surface area contributed by atoms with Gasteiger partial charge in [0.15, 0.2) is 5.13 Å². The minimum absolute atomic E-state index is 0.0805. The van der Waals surface area contributed by atoms with E-state index in [1.165, 1.54) is 23.0 Å². The third-order valence-corrected chi connectivity index (χ3v) is 4.01. The van der Waals surface area contributed by atoms with Crippen molar-refractivity contribution in [1.29, 1.82) is 0 Å². The average molecular weight is 299 g/mol. The number of hydrogen-bond donors (Lipinski definition) is 3. The molecule has 0 amide bonds. The SMILES string of the molecule is Cc1ccc2nc(Nc3ccc(N)c(C(=O)O)c3)sc2c1. The highest BCUT2D eigenvalue weighted by Crippen LogP contribution is 2.29. The van der Waals surface area contributed by atoms with Gasteiger partial charge in [0.25, 0.3) is 0 Å². The summed E-state index contributed by atoms with van der Waals surface area (Å²) in [7, 11) is 0. The number of hydrogen-bond acceptors (Lipinski definition) is 5. The largest absolute Gasteiger partial charge is 0.478 e. The van der Waals surface area contributed by atoms with Crippen LogP contribution in [0.4, 0.5) is 16.5 Å². The van der Waals surface area contributed by atoms with Crippen LogP contribution in [0, 0.1) is 6.92 Å². The Kier molecular flexibility index (Phi) is 3.23. The number of benzene rings is 2. The van der Waals surface area contributed by atoms with Crippen LogP contribution in [-0.2, 0) is 0 Å². The van der Waals surface area contributed by atoms with Crippen molar-refractivity contribution in [2.24, 2.45) is 0 Å². The lowest BCUT2D eigenvalue weighted by Gasteiger charge is -2.05. The van der Waals surface area contributed by atoms with Crippen molar-refractivity contribution in [2.45, 2.75) is 6.92 Å². The van der Waals surface area contributed by atoms with Gasteiger partial charge in [0.2, 0.25) is 0 Å². The van der Waals surface area contributed by atoms with Gasteiger partial charge in [-0.3, -0.25) is 0 Å². The van der Waals surface area contributed by atoms with Crippen molar-refractivity contribution in [1.82, 2.24) is 4.98 Å². The number of carbonyl (C=O) groups is 1. The van der Waals surface area contributed by atoms with E-state index in [1.807, 2.05) is 19.1 Å². The third-order valence-electron chi connectivity index (χ3n) is 3.08. The molecule has 6 heteroatoms. The summed E-state index contributed by atoms with van der Waals surface area (Å²) < 4.78 is 1.09. The van der Waals surface area contributed by atoms with E-state index < -0.39 is 5.97 Å². The molecule has 0 bridgehead atoms. The molecule has 3 rings (SSSR count). The fraction of sp³-hybridized carbons (Fsp3) is 0.0667. The molecule has 106 valence electrons. The number of carboxylic acids is 1. The van der Waals surface area contributed by atoms with Gasteiger partial charge in [-0.2, -0.15) is 0 Å². The van der Waals surface area contributed by atoms with Crippen LogP contribution in [0.15, 0.2) is 36.4 Å². The molecule has 5 nitrogen and oxygen atoms in total. The maximum Gasteiger partial charge on any atom is 0.337 e. The van der Waals surface area contributed by atoms with Gasteiger partial charge >= 0.3 is 5.97 Å². The quantitative estimate of drug-likeness (QED) is 0.643.